The molecule has 10 aromatic rings. The van der Waals surface area contributed by atoms with Crippen LogP contribution in [0.4, 0.5) is 17.1 Å². The van der Waals surface area contributed by atoms with E-state index in [2.05, 4.69) is 229 Å². The van der Waals surface area contributed by atoms with E-state index in [9.17, 15) is 0 Å². The molecule has 11 rings (SSSR count). The molecule has 1 aliphatic rings. The molecule has 0 fully saturated rings. The van der Waals surface area contributed by atoms with Gasteiger partial charge in [-0.1, -0.05) is 188 Å². The van der Waals surface area contributed by atoms with Crippen molar-refractivity contribution in [2.24, 2.45) is 0 Å². The van der Waals surface area contributed by atoms with Crippen LogP contribution in [-0.2, 0) is 5.41 Å². The summed E-state index contributed by atoms with van der Waals surface area (Å²) < 4.78 is 2.62. The second-order valence-corrected chi connectivity index (χ2v) is 15.9. The molecule has 0 amide bonds. The van der Waals surface area contributed by atoms with Crippen LogP contribution in [0.25, 0.3) is 53.6 Å². The molecule has 0 aliphatic heterocycles. The Bertz CT molecular complexity index is 3020. The third kappa shape index (κ3) is 5.29. The van der Waals surface area contributed by atoms with E-state index in [1.807, 2.05) is 11.3 Å². The Kier molecular flexibility index (Phi) is 7.98. The zero-order valence-electron chi connectivity index (χ0n) is 31.2. The zero-order chi connectivity index (χ0) is 37.8. The average Bonchev–Trinajstić information content (AvgIpc) is 3.82. The number of hydrogen-bond acceptors (Lipinski definition) is 2. The summed E-state index contributed by atoms with van der Waals surface area (Å²) in [4.78, 5) is 2.47. The standard InChI is InChI=1S/C55H37NS/c1-4-17-38(18-5-1)39-31-33-42(34-32-39)56(52-29-14-11-24-46(52)48-26-16-27-49-47-25-12-15-30-53(47)57-54(48)49)43-35-36-45-44-23-10-13-28-50(44)55(51(45)37-43,40-19-6-2-7-20-40)41-21-8-3-9-22-41/h1-37H. The van der Waals surface area contributed by atoms with E-state index in [1.54, 1.807) is 0 Å². The molecule has 1 heterocycles. The van der Waals surface area contributed by atoms with Crippen molar-refractivity contribution in [3.8, 4) is 33.4 Å². The molecular formula is C55H37NS. The number of anilines is 3. The van der Waals surface area contributed by atoms with E-state index in [-0.39, 0.29) is 0 Å². The van der Waals surface area contributed by atoms with Crippen molar-refractivity contribution in [1.82, 2.24) is 0 Å². The van der Waals surface area contributed by atoms with Crippen molar-refractivity contribution in [2.75, 3.05) is 4.90 Å². The summed E-state index contributed by atoms with van der Waals surface area (Å²) in [5.41, 5.74) is 15.3. The van der Waals surface area contributed by atoms with Crippen LogP contribution in [0.1, 0.15) is 22.3 Å². The molecular weight excluding hydrogens is 707 g/mol. The maximum atomic E-state index is 2.47. The molecule has 1 aliphatic carbocycles. The predicted molar refractivity (Wildman–Crippen MR) is 242 cm³/mol. The predicted octanol–water partition coefficient (Wildman–Crippen LogP) is 15.2. The van der Waals surface area contributed by atoms with Gasteiger partial charge in [0.2, 0.25) is 0 Å². The van der Waals surface area contributed by atoms with Crippen molar-refractivity contribution in [3.05, 3.63) is 247 Å². The SMILES string of the molecule is c1ccc(-c2ccc(N(c3ccc4c(c3)C(c3ccccc3)(c3ccccc3)c3ccccc3-4)c3ccccc3-c3cccc4c3sc3ccccc34)cc2)cc1. The van der Waals surface area contributed by atoms with Crippen molar-refractivity contribution in [2.45, 2.75) is 5.41 Å². The summed E-state index contributed by atoms with van der Waals surface area (Å²) in [7, 11) is 0. The number of thiophene rings is 1. The topological polar surface area (TPSA) is 3.24 Å². The van der Waals surface area contributed by atoms with E-state index >= 15 is 0 Å². The lowest BCUT2D eigenvalue weighted by molar-refractivity contribution is 0.768. The smallest absolute Gasteiger partial charge is 0.0714 e. The van der Waals surface area contributed by atoms with Gasteiger partial charge in [0.25, 0.3) is 0 Å². The summed E-state index contributed by atoms with van der Waals surface area (Å²) in [6, 6.07) is 82.5. The Morgan fingerprint density at radius 2 is 0.895 bits per heavy atom. The molecule has 9 aromatic carbocycles. The summed E-state index contributed by atoms with van der Waals surface area (Å²) in [5, 5.41) is 2.61. The number of nitrogens with zero attached hydrogens (tertiary/aromatic N) is 1. The zero-order valence-corrected chi connectivity index (χ0v) is 32.0. The highest BCUT2D eigenvalue weighted by molar-refractivity contribution is 7.26. The highest BCUT2D eigenvalue weighted by Gasteiger charge is 2.46. The second-order valence-electron chi connectivity index (χ2n) is 14.8. The minimum atomic E-state index is -0.504. The number of para-hydroxylation sites is 1. The monoisotopic (exact) mass is 743 g/mol. The lowest BCUT2D eigenvalue weighted by Gasteiger charge is -2.35. The van der Waals surface area contributed by atoms with Gasteiger partial charge in [-0.2, -0.15) is 0 Å². The molecule has 268 valence electrons. The lowest BCUT2D eigenvalue weighted by atomic mass is 9.67. The average molecular weight is 744 g/mol. The first kappa shape index (κ1) is 33.3. The van der Waals surface area contributed by atoms with E-state index < -0.39 is 5.41 Å². The van der Waals surface area contributed by atoms with Gasteiger partial charge < -0.3 is 4.90 Å². The van der Waals surface area contributed by atoms with E-state index in [4.69, 9.17) is 0 Å². The Morgan fingerprint density at radius 1 is 0.351 bits per heavy atom. The van der Waals surface area contributed by atoms with Gasteiger partial charge in [0.05, 0.1) is 11.1 Å². The first-order chi connectivity index (χ1) is 28.3. The first-order valence-corrected chi connectivity index (χ1v) is 20.4. The minimum Gasteiger partial charge on any atom is -0.310 e. The lowest BCUT2D eigenvalue weighted by Crippen LogP contribution is -2.28. The molecule has 0 radical (unpaired) electrons. The fourth-order valence-electron chi connectivity index (χ4n) is 9.29. The summed E-state index contributed by atoms with van der Waals surface area (Å²) >= 11 is 1.88. The Morgan fingerprint density at radius 3 is 1.65 bits per heavy atom. The summed E-state index contributed by atoms with van der Waals surface area (Å²) in [6.45, 7) is 0. The Balaban J connectivity index is 1.18. The van der Waals surface area contributed by atoms with Gasteiger partial charge in [0, 0.05) is 42.7 Å². The van der Waals surface area contributed by atoms with Crippen LogP contribution >= 0.6 is 11.3 Å². The van der Waals surface area contributed by atoms with Gasteiger partial charge in [-0.3, -0.25) is 0 Å². The second kappa shape index (κ2) is 13.6. The fourth-order valence-corrected chi connectivity index (χ4v) is 10.5. The third-order valence-corrected chi connectivity index (χ3v) is 13.0. The van der Waals surface area contributed by atoms with Crippen molar-refractivity contribution < 1.29 is 0 Å². The van der Waals surface area contributed by atoms with Crippen molar-refractivity contribution in [1.29, 1.82) is 0 Å². The molecule has 1 nitrogen and oxygen atoms in total. The van der Waals surface area contributed by atoms with Gasteiger partial charge in [0.15, 0.2) is 0 Å². The first-order valence-electron chi connectivity index (χ1n) is 19.6. The highest BCUT2D eigenvalue weighted by Crippen LogP contribution is 2.57. The largest absolute Gasteiger partial charge is 0.310 e. The van der Waals surface area contributed by atoms with Gasteiger partial charge in [0.1, 0.15) is 0 Å². The van der Waals surface area contributed by atoms with Gasteiger partial charge in [-0.25, -0.2) is 0 Å². The molecule has 0 atom stereocenters. The normalized spacial score (nSPS) is 12.7. The molecule has 0 saturated carbocycles. The van der Waals surface area contributed by atoms with Crippen LogP contribution in [0.15, 0.2) is 224 Å². The minimum absolute atomic E-state index is 0.504. The molecule has 0 spiro atoms. The van der Waals surface area contributed by atoms with Crippen LogP contribution in [0, 0.1) is 0 Å². The van der Waals surface area contributed by atoms with Gasteiger partial charge in [-0.15, -0.1) is 11.3 Å². The maximum Gasteiger partial charge on any atom is 0.0714 e. The summed E-state index contributed by atoms with van der Waals surface area (Å²) in [6.07, 6.45) is 0. The molecule has 0 unspecified atom stereocenters. The van der Waals surface area contributed by atoms with Crippen LogP contribution in [0.5, 0.6) is 0 Å². The van der Waals surface area contributed by atoms with Crippen molar-refractivity contribution in [3.63, 3.8) is 0 Å². The fraction of sp³-hybridized carbons (Fsp3) is 0.0182. The van der Waals surface area contributed by atoms with E-state index in [0.717, 1.165) is 17.1 Å². The number of fused-ring (bicyclic) bond motifs is 6. The van der Waals surface area contributed by atoms with Gasteiger partial charge >= 0.3 is 0 Å². The van der Waals surface area contributed by atoms with E-state index in [1.165, 1.54) is 75.8 Å². The van der Waals surface area contributed by atoms with Crippen LogP contribution in [0.3, 0.4) is 0 Å². The van der Waals surface area contributed by atoms with Crippen LogP contribution in [0.2, 0.25) is 0 Å². The summed E-state index contributed by atoms with van der Waals surface area (Å²) in [5.74, 6) is 0. The van der Waals surface area contributed by atoms with E-state index in [0.29, 0.717) is 0 Å². The van der Waals surface area contributed by atoms with Crippen LogP contribution in [-0.4, -0.2) is 0 Å². The molecule has 1 aromatic heterocycles. The molecule has 57 heavy (non-hydrogen) atoms. The van der Waals surface area contributed by atoms with Crippen LogP contribution < -0.4 is 4.90 Å². The quantitative estimate of drug-likeness (QED) is 0.157. The third-order valence-electron chi connectivity index (χ3n) is 11.8. The number of rotatable bonds is 7. The number of hydrogen-bond donors (Lipinski definition) is 0. The molecule has 2 heteroatoms. The molecule has 0 N–H and O–H groups in total. The molecule has 0 bridgehead atoms. The Hall–Kier alpha value is -7.00. The maximum absolute atomic E-state index is 2.47. The van der Waals surface area contributed by atoms with Gasteiger partial charge in [-0.05, 0) is 80.9 Å². The highest BCUT2D eigenvalue weighted by atomic mass is 32.1. The Labute approximate surface area is 337 Å². The number of benzene rings is 9. The molecule has 0 saturated heterocycles. The van der Waals surface area contributed by atoms with Crippen molar-refractivity contribution >= 4 is 48.6 Å².